The molecule has 0 bridgehead atoms. The number of amides is 1. The summed E-state index contributed by atoms with van der Waals surface area (Å²) in [6.45, 7) is 6.06. The number of carbonyl (C=O) groups is 1. The summed E-state index contributed by atoms with van der Waals surface area (Å²) in [5.74, 6) is -0.0909. The third-order valence-electron chi connectivity index (χ3n) is 3.26. The molecule has 0 aromatic carbocycles. The van der Waals surface area contributed by atoms with Gasteiger partial charge in [0.15, 0.2) is 0 Å². The lowest BCUT2D eigenvalue weighted by molar-refractivity contribution is 0.0940. The minimum atomic E-state index is -0.0909. The van der Waals surface area contributed by atoms with Crippen molar-refractivity contribution in [1.29, 1.82) is 0 Å². The molecule has 0 aliphatic heterocycles. The van der Waals surface area contributed by atoms with Gasteiger partial charge in [-0.15, -0.1) is 11.3 Å². The van der Waals surface area contributed by atoms with E-state index >= 15 is 0 Å². The van der Waals surface area contributed by atoms with Crippen LogP contribution in [-0.2, 0) is 0 Å². The van der Waals surface area contributed by atoms with Crippen LogP contribution in [0.4, 0.5) is 5.69 Å². The van der Waals surface area contributed by atoms with Gasteiger partial charge in [0.1, 0.15) is 9.71 Å². The average Bonchev–Trinajstić information content (AvgIpc) is 2.72. The number of nitrogens with two attached hydrogens (primary N) is 1. The first-order valence-electron chi connectivity index (χ1n) is 6.53. The summed E-state index contributed by atoms with van der Waals surface area (Å²) in [5.41, 5.74) is 7.53. The van der Waals surface area contributed by atoms with Crippen molar-refractivity contribution in [2.24, 2.45) is 0 Å². The maximum Gasteiger partial charge on any atom is 0.263 e. The monoisotopic (exact) mass is 277 g/mol. The van der Waals surface area contributed by atoms with Crippen LogP contribution in [-0.4, -0.2) is 16.9 Å². The SMILES string of the molecule is CCC(CC)NC(=O)c1sc2nc(C)ccc2c1N. The van der Waals surface area contributed by atoms with Gasteiger partial charge in [0.25, 0.3) is 5.91 Å². The van der Waals surface area contributed by atoms with Gasteiger partial charge < -0.3 is 11.1 Å². The minimum Gasteiger partial charge on any atom is -0.397 e. The molecular formula is C14H19N3OS. The van der Waals surface area contributed by atoms with E-state index < -0.39 is 0 Å². The van der Waals surface area contributed by atoms with Crippen LogP contribution in [0, 0.1) is 6.92 Å². The van der Waals surface area contributed by atoms with Gasteiger partial charge in [-0.3, -0.25) is 4.79 Å². The maximum atomic E-state index is 12.2. The second-order valence-corrected chi connectivity index (χ2v) is 5.64. The zero-order valence-corrected chi connectivity index (χ0v) is 12.3. The normalized spacial score (nSPS) is 11.2. The molecule has 0 saturated carbocycles. The summed E-state index contributed by atoms with van der Waals surface area (Å²) in [7, 11) is 0. The number of rotatable bonds is 4. The van der Waals surface area contributed by atoms with Crippen LogP contribution in [0.15, 0.2) is 12.1 Å². The standard InChI is InChI=1S/C14H19N3OS/c1-4-9(5-2)17-13(18)12-11(15)10-7-6-8(3)16-14(10)19-12/h6-7,9H,4-5,15H2,1-3H3,(H,17,18). The van der Waals surface area contributed by atoms with Gasteiger partial charge in [0, 0.05) is 17.1 Å². The first-order valence-corrected chi connectivity index (χ1v) is 7.34. The Morgan fingerprint density at radius 1 is 1.42 bits per heavy atom. The van der Waals surface area contributed by atoms with E-state index in [0.29, 0.717) is 10.6 Å². The lowest BCUT2D eigenvalue weighted by Crippen LogP contribution is -2.33. The highest BCUT2D eigenvalue weighted by Crippen LogP contribution is 2.32. The van der Waals surface area contributed by atoms with E-state index in [1.165, 1.54) is 11.3 Å². The number of pyridine rings is 1. The first-order chi connectivity index (χ1) is 9.06. The van der Waals surface area contributed by atoms with E-state index in [1.54, 1.807) is 0 Å². The summed E-state index contributed by atoms with van der Waals surface area (Å²) in [6, 6.07) is 4.04. The molecular weight excluding hydrogens is 258 g/mol. The highest BCUT2D eigenvalue weighted by Gasteiger charge is 2.18. The third kappa shape index (κ3) is 2.71. The molecule has 2 aromatic heterocycles. The van der Waals surface area contributed by atoms with Crippen LogP contribution >= 0.6 is 11.3 Å². The largest absolute Gasteiger partial charge is 0.397 e. The molecule has 5 heteroatoms. The Hall–Kier alpha value is -1.62. The predicted molar refractivity (Wildman–Crippen MR) is 80.6 cm³/mol. The molecule has 4 nitrogen and oxygen atoms in total. The molecule has 2 heterocycles. The summed E-state index contributed by atoms with van der Waals surface area (Å²) < 4.78 is 0. The predicted octanol–water partition coefficient (Wildman–Crippen LogP) is 3.11. The second kappa shape index (κ2) is 5.57. The van der Waals surface area contributed by atoms with Gasteiger partial charge in [-0.25, -0.2) is 4.98 Å². The molecule has 3 N–H and O–H groups in total. The van der Waals surface area contributed by atoms with E-state index in [9.17, 15) is 4.79 Å². The zero-order chi connectivity index (χ0) is 14.0. The Morgan fingerprint density at radius 3 is 2.74 bits per heavy atom. The number of fused-ring (bicyclic) bond motifs is 1. The van der Waals surface area contributed by atoms with E-state index in [4.69, 9.17) is 5.73 Å². The lowest BCUT2D eigenvalue weighted by atomic mass is 10.1. The van der Waals surface area contributed by atoms with Crippen LogP contribution in [0.2, 0.25) is 0 Å². The highest BCUT2D eigenvalue weighted by atomic mass is 32.1. The van der Waals surface area contributed by atoms with Crippen molar-refractivity contribution in [1.82, 2.24) is 10.3 Å². The maximum absolute atomic E-state index is 12.2. The molecule has 0 saturated heterocycles. The van der Waals surface area contributed by atoms with Crippen LogP contribution in [0.25, 0.3) is 10.2 Å². The molecule has 0 spiro atoms. The van der Waals surface area contributed by atoms with Gasteiger partial charge in [-0.05, 0) is 31.9 Å². The average molecular weight is 277 g/mol. The number of aromatic nitrogens is 1. The van der Waals surface area contributed by atoms with Crippen molar-refractivity contribution in [3.63, 3.8) is 0 Å². The van der Waals surface area contributed by atoms with E-state index in [-0.39, 0.29) is 11.9 Å². The molecule has 0 atom stereocenters. The number of carbonyl (C=O) groups excluding carboxylic acids is 1. The van der Waals surface area contributed by atoms with Crippen molar-refractivity contribution in [2.45, 2.75) is 39.7 Å². The van der Waals surface area contributed by atoms with Crippen molar-refractivity contribution in [3.05, 3.63) is 22.7 Å². The molecule has 1 amide bonds. The van der Waals surface area contributed by atoms with Crippen LogP contribution < -0.4 is 11.1 Å². The first kappa shape index (κ1) is 13.8. The number of nitrogens with zero attached hydrogens (tertiary/aromatic N) is 1. The smallest absolute Gasteiger partial charge is 0.263 e. The second-order valence-electron chi connectivity index (χ2n) is 4.64. The fraction of sp³-hybridized carbons (Fsp3) is 0.429. The molecule has 0 radical (unpaired) electrons. The summed E-state index contributed by atoms with van der Waals surface area (Å²) in [6.07, 6.45) is 1.84. The van der Waals surface area contributed by atoms with Gasteiger partial charge in [0.05, 0.1) is 5.69 Å². The molecule has 2 rings (SSSR count). The number of thiophene rings is 1. The number of nitrogen functional groups attached to an aromatic ring is 1. The zero-order valence-electron chi connectivity index (χ0n) is 11.5. The Labute approximate surface area is 117 Å². The Morgan fingerprint density at radius 2 is 2.11 bits per heavy atom. The Kier molecular flexibility index (Phi) is 4.04. The Bertz CT molecular complexity index is 602. The number of hydrogen-bond acceptors (Lipinski definition) is 4. The van der Waals surface area contributed by atoms with Gasteiger partial charge in [-0.1, -0.05) is 13.8 Å². The molecule has 0 aliphatic carbocycles. The number of anilines is 1. The van der Waals surface area contributed by atoms with Crippen LogP contribution in [0.3, 0.4) is 0 Å². The van der Waals surface area contributed by atoms with Crippen molar-refractivity contribution in [2.75, 3.05) is 5.73 Å². The highest BCUT2D eigenvalue weighted by molar-refractivity contribution is 7.21. The van der Waals surface area contributed by atoms with Crippen molar-refractivity contribution in [3.8, 4) is 0 Å². The number of nitrogens with one attached hydrogen (secondary N) is 1. The van der Waals surface area contributed by atoms with Gasteiger partial charge >= 0.3 is 0 Å². The van der Waals surface area contributed by atoms with E-state index in [2.05, 4.69) is 24.1 Å². The molecule has 2 aromatic rings. The molecule has 102 valence electrons. The van der Waals surface area contributed by atoms with Crippen molar-refractivity contribution < 1.29 is 4.79 Å². The number of hydrogen-bond donors (Lipinski definition) is 2. The lowest BCUT2D eigenvalue weighted by Gasteiger charge is -2.13. The quantitative estimate of drug-likeness (QED) is 0.902. The molecule has 0 aliphatic rings. The molecule has 19 heavy (non-hydrogen) atoms. The summed E-state index contributed by atoms with van der Waals surface area (Å²) in [5, 5.41) is 3.88. The van der Waals surface area contributed by atoms with E-state index in [1.807, 2.05) is 19.1 Å². The topological polar surface area (TPSA) is 68.0 Å². The fourth-order valence-corrected chi connectivity index (χ4v) is 3.04. The van der Waals surface area contributed by atoms with E-state index in [0.717, 1.165) is 28.8 Å². The minimum absolute atomic E-state index is 0.0909. The van der Waals surface area contributed by atoms with Crippen molar-refractivity contribution >= 4 is 33.1 Å². The van der Waals surface area contributed by atoms with Crippen LogP contribution in [0.5, 0.6) is 0 Å². The van der Waals surface area contributed by atoms with Gasteiger partial charge in [-0.2, -0.15) is 0 Å². The molecule has 0 unspecified atom stereocenters. The summed E-state index contributed by atoms with van der Waals surface area (Å²) >= 11 is 1.36. The number of aryl methyl sites for hydroxylation is 1. The van der Waals surface area contributed by atoms with Gasteiger partial charge in [0.2, 0.25) is 0 Å². The summed E-state index contributed by atoms with van der Waals surface area (Å²) in [4.78, 5) is 18.1. The molecule has 0 fully saturated rings. The van der Waals surface area contributed by atoms with Crippen LogP contribution in [0.1, 0.15) is 42.1 Å². The fourth-order valence-electron chi connectivity index (χ4n) is 2.00. The third-order valence-corrected chi connectivity index (χ3v) is 4.37. The Balaban J connectivity index is 2.34.